The monoisotopic (exact) mass is 1320 g/mol. The number of ether oxygens (including phenoxy) is 1. The molecule has 3 heterocycles. The van der Waals surface area contributed by atoms with Crippen LogP contribution in [0.15, 0.2) is 261 Å². The first-order valence-electron chi connectivity index (χ1n) is 38.4. The molecular weight excluding hydrogens is 1240 g/mol. The Labute approximate surface area is 554 Å². The Morgan fingerprint density at radius 2 is 1.10 bits per heavy atom. The van der Waals surface area contributed by atoms with Crippen LogP contribution in [0.1, 0.15) is 87.0 Å². The first-order chi connectivity index (χ1) is 50.5. The molecule has 0 fully saturated rings. The first kappa shape index (κ1) is 37.0. The number of hydrogen-bond acceptors (Lipinski definition) is 2. The number of aryl methyl sites for hydroxylation is 1. The second-order valence-electron chi connectivity index (χ2n) is 22.9. The minimum atomic E-state index is -2.86. The van der Waals surface area contributed by atoms with Crippen molar-refractivity contribution >= 4 is 32.8 Å². The van der Waals surface area contributed by atoms with E-state index in [1.807, 2.05) is 91.0 Å². The predicted molar refractivity (Wildman–Crippen MR) is 355 cm³/mol. The van der Waals surface area contributed by atoms with Crippen LogP contribution >= 0.6 is 0 Å². The van der Waals surface area contributed by atoms with Crippen LogP contribution in [-0.4, -0.2) is 14.1 Å². The van der Waals surface area contributed by atoms with Crippen molar-refractivity contribution in [3.05, 3.63) is 296 Å². The summed E-state index contributed by atoms with van der Waals surface area (Å²) in [7, 11) is 0. The van der Waals surface area contributed by atoms with Crippen molar-refractivity contribution in [1.82, 2.24) is 14.1 Å². The van der Waals surface area contributed by atoms with Crippen molar-refractivity contribution in [2.75, 3.05) is 0 Å². The molecule has 0 radical (unpaired) electrons. The molecule has 0 unspecified atom stereocenters. The third-order valence-corrected chi connectivity index (χ3v) is 15.2. The maximum Gasteiger partial charge on any atom is 0.268 e. The fraction of sp³-hybridized carbons (Fsp3) is 0.111. The zero-order chi connectivity index (χ0) is 76.8. The summed E-state index contributed by atoms with van der Waals surface area (Å²) in [5.74, 6) is 0.503. The molecular formula is C81H64N4OPt-2. The molecule has 14 aromatic rings. The smallest absolute Gasteiger partial charge is 0.268 e. The van der Waals surface area contributed by atoms with Gasteiger partial charge in [-0.2, -0.15) is 18.2 Å². The molecule has 6 heteroatoms. The number of aromatic nitrogens is 4. The van der Waals surface area contributed by atoms with E-state index in [0.29, 0.717) is 44.3 Å². The number of fused-ring (bicyclic) bond motifs is 4. The maximum absolute atomic E-state index is 10.4. The van der Waals surface area contributed by atoms with E-state index in [9.17, 15) is 9.60 Å². The molecule has 11 aromatic carbocycles. The minimum Gasteiger partial charge on any atom is -0.510 e. The summed E-state index contributed by atoms with van der Waals surface area (Å²) < 4.78 is 201. The summed E-state index contributed by atoms with van der Waals surface area (Å²) in [5.41, 5.74) is 3.75. The predicted octanol–water partition coefficient (Wildman–Crippen LogP) is 20.5. The van der Waals surface area contributed by atoms with E-state index in [1.54, 1.807) is 50.1 Å². The summed E-state index contributed by atoms with van der Waals surface area (Å²) in [5, 5.41) is 1.44. The van der Waals surface area contributed by atoms with E-state index in [4.69, 9.17) is 28.9 Å². The van der Waals surface area contributed by atoms with E-state index in [0.717, 1.165) is 27.6 Å². The van der Waals surface area contributed by atoms with Gasteiger partial charge in [0, 0.05) is 54.0 Å². The number of nitrogens with zero attached hydrogens (tertiary/aromatic N) is 4. The van der Waals surface area contributed by atoms with Crippen molar-refractivity contribution in [3.63, 3.8) is 0 Å². The number of para-hydroxylation sites is 2. The van der Waals surface area contributed by atoms with Gasteiger partial charge in [0.2, 0.25) is 0 Å². The zero-order valence-corrected chi connectivity index (χ0v) is 50.2. The number of hydrogen-bond donors (Lipinski definition) is 0. The standard InChI is InChI=1S/C81H64N4O.Pt/c1-54-44-78(82-52-73(54)58-26-15-10-16-27-58)85-74-35-18-17-32-71(74)72-42-41-68(51-76(72)85)86-67-31-20-30-66(50-67)83-53-84(75-43-38-59(49-77(75)83)57-36-39-64(40-37-57)80(2,3)4)79-69(60-28-19-29-65(48-60)81(5,6)7)33-21-34-70(79)63-46-61(55-22-11-8-12-23-55)45-62(47-63)56-24-13-9-14-25-56;/h8-49,52H,1-7H3;/q-2;/i1D3,8D,9D,10D,11D,12D,13D,14D,15D,16D,22D,23D,24D,25D,26D,27D,45D,46D,47D;. The molecule has 426 valence electrons. The van der Waals surface area contributed by atoms with Gasteiger partial charge in [-0.1, -0.05) is 235 Å². The fourth-order valence-electron chi connectivity index (χ4n) is 10.8. The molecule has 0 aliphatic rings. The summed E-state index contributed by atoms with van der Waals surface area (Å²) in [6.45, 7) is 9.72. The summed E-state index contributed by atoms with van der Waals surface area (Å²) in [6, 6.07) is 38.5. The van der Waals surface area contributed by atoms with Crippen molar-refractivity contribution < 1.29 is 59.2 Å². The quantitative estimate of drug-likeness (QED) is 0.0956. The average molecular weight is 1330 g/mol. The number of benzene rings is 11. The number of imidazole rings is 1. The molecule has 0 aliphatic carbocycles. The van der Waals surface area contributed by atoms with Crippen LogP contribution in [-0.2, 0) is 31.9 Å². The largest absolute Gasteiger partial charge is 0.510 e. The Balaban J connectivity index is 0.0000103. The Bertz CT molecular complexity index is 5930. The maximum atomic E-state index is 10.4. The van der Waals surface area contributed by atoms with E-state index in [1.165, 1.54) is 12.3 Å². The van der Waals surface area contributed by atoms with Crippen LogP contribution in [0.3, 0.4) is 0 Å². The topological polar surface area (TPSA) is 35.9 Å². The zero-order valence-electron chi connectivity index (χ0n) is 68.9. The molecule has 0 aliphatic heterocycles. The summed E-state index contributed by atoms with van der Waals surface area (Å²) >= 11 is 0. The van der Waals surface area contributed by atoms with Crippen LogP contribution in [0, 0.1) is 25.3 Å². The van der Waals surface area contributed by atoms with Crippen molar-refractivity contribution in [3.8, 4) is 95.5 Å². The van der Waals surface area contributed by atoms with E-state index < -0.39 is 143 Å². The van der Waals surface area contributed by atoms with Gasteiger partial charge in [-0.15, -0.1) is 29.7 Å². The Kier molecular flexibility index (Phi) is 9.77. The Morgan fingerprint density at radius 3 is 1.79 bits per heavy atom. The molecule has 0 bridgehead atoms. The van der Waals surface area contributed by atoms with Crippen molar-refractivity contribution in [2.24, 2.45) is 0 Å². The van der Waals surface area contributed by atoms with E-state index in [-0.39, 0.29) is 77.3 Å². The van der Waals surface area contributed by atoms with Gasteiger partial charge in [0.05, 0.1) is 41.4 Å². The molecule has 0 amide bonds. The molecule has 3 aromatic heterocycles. The third-order valence-electron chi connectivity index (χ3n) is 15.2. The minimum absolute atomic E-state index is 0. The first-order valence-corrected chi connectivity index (χ1v) is 27.9. The molecule has 14 rings (SSSR count). The van der Waals surface area contributed by atoms with Crippen LogP contribution in [0.4, 0.5) is 0 Å². The van der Waals surface area contributed by atoms with Crippen molar-refractivity contribution in [2.45, 2.75) is 59.2 Å². The van der Waals surface area contributed by atoms with Crippen LogP contribution in [0.5, 0.6) is 11.5 Å². The molecule has 87 heavy (non-hydrogen) atoms. The summed E-state index contributed by atoms with van der Waals surface area (Å²) in [4.78, 5) is 4.73. The Hall–Kier alpha value is -9.67. The van der Waals surface area contributed by atoms with Gasteiger partial charge in [0.25, 0.3) is 6.33 Å². The molecule has 0 N–H and O–H groups in total. The molecule has 0 saturated heterocycles. The fourth-order valence-corrected chi connectivity index (χ4v) is 10.8. The SMILES string of the molecule is [2H]c1c([2H])c([2H])c(-c2cnc(-n3c4[c-]c(Oc5[c-]c(-n6[c-][n+](-c7c(-c8cccc(C(C)(C)C)c8)cccc7-c7c([2H])c(-c8c([2H])c([2H])c([2H])c([2H])c8[2H])c([2H])c(-c8c([2H])c([2H])c([2H])c([2H])c8[2H])c7[2H])c7ccc(-c8ccc(C(C)(C)C)cc8)cc76)ccc5)ccc4c4ccccc43)cc2C([2H])([2H])[2H])c([2H])c1[2H].[Pt]. The number of pyridine rings is 1. The van der Waals surface area contributed by atoms with Gasteiger partial charge in [0.1, 0.15) is 5.82 Å². The Morgan fingerprint density at radius 1 is 0.483 bits per heavy atom. The molecule has 0 saturated carbocycles. The van der Waals surface area contributed by atoms with E-state index in [2.05, 4.69) is 72.1 Å². The summed E-state index contributed by atoms with van der Waals surface area (Å²) in [6.07, 6.45) is 4.84. The second kappa shape index (κ2) is 23.0. The van der Waals surface area contributed by atoms with Crippen LogP contribution < -0.4 is 9.30 Å². The van der Waals surface area contributed by atoms with Gasteiger partial charge in [-0.05, 0) is 143 Å². The van der Waals surface area contributed by atoms with Crippen molar-refractivity contribution in [1.29, 1.82) is 0 Å². The van der Waals surface area contributed by atoms with Gasteiger partial charge in [0.15, 0.2) is 0 Å². The molecule has 5 nitrogen and oxygen atoms in total. The third kappa shape index (κ3) is 10.9. The van der Waals surface area contributed by atoms with E-state index >= 15 is 0 Å². The van der Waals surface area contributed by atoms with Gasteiger partial charge >= 0.3 is 0 Å². The van der Waals surface area contributed by atoms with Gasteiger partial charge in [-0.3, -0.25) is 4.57 Å². The van der Waals surface area contributed by atoms with Gasteiger partial charge in [-0.25, -0.2) is 4.98 Å². The van der Waals surface area contributed by atoms with Crippen LogP contribution in [0.25, 0.3) is 117 Å². The molecule has 0 spiro atoms. The molecule has 0 atom stereocenters. The normalized spacial score (nSPS) is 15.3. The van der Waals surface area contributed by atoms with Crippen LogP contribution in [0.2, 0.25) is 0 Å². The number of rotatable bonds is 11. The van der Waals surface area contributed by atoms with Gasteiger partial charge < -0.3 is 13.9 Å². The second-order valence-corrected chi connectivity index (χ2v) is 22.9. The average Bonchev–Trinajstić information content (AvgIpc) is 0.973.